The predicted octanol–water partition coefficient (Wildman–Crippen LogP) is 4.90. The molecule has 2 aromatic rings. The molecule has 8 heteroatoms. The highest BCUT2D eigenvalue weighted by Gasteiger charge is 2.29. The number of nitrogens with one attached hydrogen (secondary N) is 2. The summed E-state index contributed by atoms with van der Waals surface area (Å²) in [6.07, 6.45) is 4.44. The lowest BCUT2D eigenvalue weighted by molar-refractivity contribution is -0.130. The van der Waals surface area contributed by atoms with Gasteiger partial charge in [-0.3, -0.25) is 14.9 Å². The van der Waals surface area contributed by atoms with Crippen LogP contribution < -0.4 is 15.4 Å². The number of anilines is 1. The number of carbonyl (C=O) groups is 2. The van der Waals surface area contributed by atoms with Gasteiger partial charge in [-0.15, -0.1) is 10.2 Å². The van der Waals surface area contributed by atoms with Crippen molar-refractivity contribution < 1.29 is 14.3 Å². The Balaban J connectivity index is 2.08. The van der Waals surface area contributed by atoms with Gasteiger partial charge in [0.05, 0.1) is 7.11 Å². The zero-order valence-electron chi connectivity index (χ0n) is 19.1. The van der Waals surface area contributed by atoms with Crippen molar-refractivity contribution in [1.82, 2.24) is 15.5 Å². The number of methoxy groups -OCH3 is 1. The number of nitrogens with zero attached hydrogens (tertiary/aromatic N) is 2. The maximum Gasteiger partial charge on any atom is 0.249 e. The van der Waals surface area contributed by atoms with Crippen molar-refractivity contribution in [2.45, 2.75) is 65.8 Å². The molecule has 1 heterocycles. The van der Waals surface area contributed by atoms with Gasteiger partial charge in [0, 0.05) is 11.5 Å². The zero-order valence-corrected chi connectivity index (χ0v) is 19.9. The second kappa shape index (κ2) is 12.4. The molecule has 0 saturated heterocycles. The molecule has 2 N–H and O–H groups in total. The largest absolute Gasteiger partial charge is 0.497 e. The Morgan fingerprint density at radius 2 is 1.77 bits per heavy atom. The third kappa shape index (κ3) is 7.02. The van der Waals surface area contributed by atoms with Gasteiger partial charge in [0.25, 0.3) is 0 Å². The fourth-order valence-electron chi connectivity index (χ4n) is 3.25. The Bertz CT molecular complexity index is 838. The van der Waals surface area contributed by atoms with Gasteiger partial charge in [-0.2, -0.15) is 0 Å². The highest BCUT2D eigenvalue weighted by molar-refractivity contribution is 7.18. The minimum absolute atomic E-state index is 0.00149. The second-order valence-corrected chi connectivity index (χ2v) is 8.73. The molecule has 0 aliphatic carbocycles. The molecular weight excluding hydrogens is 412 g/mol. The normalized spacial score (nSPS) is 13.8. The van der Waals surface area contributed by atoms with Crippen LogP contribution in [0.2, 0.25) is 0 Å². The first-order valence-corrected chi connectivity index (χ1v) is 11.8. The number of hydrogen-bond donors (Lipinski definition) is 2. The lowest BCUT2D eigenvalue weighted by Gasteiger charge is -2.25. The Kier molecular flexibility index (Phi) is 9.91. The zero-order chi connectivity index (χ0) is 22.8. The molecule has 2 rings (SSSR count). The summed E-state index contributed by atoms with van der Waals surface area (Å²) in [7, 11) is 1.62. The topological polar surface area (TPSA) is 93.2 Å². The number of aromatic nitrogens is 2. The number of ether oxygens (including phenoxy) is 1. The van der Waals surface area contributed by atoms with E-state index in [9.17, 15) is 9.59 Å². The van der Waals surface area contributed by atoms with E-state index in [0.717, 1.165) is 43.4 Å². The molecule has 1 aromatic carbocycles. The molecule has 0 spiro atoms. The van der Waals surface area contributed by atoms with Crippen molar-refractivity contribution in [3.63, 3.8) is 0 Å². The van der Waals surface area contributed by atoms with Crippen LogP contribution in [0, 0.1) is 11.8 Å². The summed E-state index contributed by atoms with van der Waals surface area (Å²) in [5, 5.41) is 15.2. The summed E-state index contributed by atoms with van der Waals surface area (Å²) >= 11 is 1.30. The summed E-state index contributed by atoms with van der Waals surface area (Å²) in [6, 6.07) is 6.89. The molecule has 0 saturated carbocycles. The highest BCUT2D eigenvalue weighted by Crippen LogP contribution is 2.28. The molecule has 3 atom stereocenters. The van der Waals surface area contributed by atoms with Gasteiger partial charge < -0.3 is 10.1 Å². The number of amides is 2. The van der Waals surface area contributed by atoms with E-state index in [-0.39, 0.29) is 23.7 Å². The first-order valence-electron chi connectivity index (χ1n) is 11.0. The standard InChI is InChI=1S/C23H34N4O3S/c1-6-9-10-16(8-3)20(28)24-19(15(4)7-2)21(29)25-23-27-26-22(31-23)17-11-13-18(30-5)14-12-17/h11-16,19H,6-10H2,1-5H3,(H,24,28)(H,25,27,29)/t15-,16-,19+/m0/s1. The third-order valence-corrected chi connectivity index (χ3v) is 6.44. The number of carbonyl (C=O) groups excluding carboxylic acids is 2. The first-order chi connectivity index (χ1) is 14.9. The fourth-order valence-corrected chi connectivity index (χ4v) is 4.00. The minimum Gasteiger partial charge on any atom is -0.497 e. The number of hydrogen-bond acceptors (Lipinski definition) is 6. The Hall–Kier alpha value is -2.48. The van der Waals surface area contributed by atoms with Gasteiger partial charge in [0.2, 0.25) is 16.9 Å². The van der Waals surface area contributed by atoms with E-state index < -0.39 is 6.04 Å². The van der Waals surface area contributed by atoms with E-state index in [1.807, 2.05) is 45.0 Å². The van der Waals surface area contributed by atoms with E-state index in [0.29, 0.717) is 10.1 Å². The summed E-state index contributed by atoms with van der Waals surface area (Å²) < 4.78 is 5.18. The van der Waals surface area contributed by atoms with E-state index in [1.165, 1.54) is 11.3 Å². The van der Waals surface area contributed by atoms with E-state index in [2.05, 4.69) is 27.8 Å². The van der Waals surface area contributed by atoms with Crippen molar-refractivity contribution in [1.29, 1.82) is 0 Å². The molecule has 7 nitrogen and oxygen atoms in total. The molecule has 0 radical (unpaired) electrons. The summed E-state index contributed by atoms with van der Waals surface area (Å²) in [6.45, 7) is 8.11. The van der Waals surface area contributed by atoms with Crippen molar-refractivity contribution >= 4 is 28.3 Å². The smallest absolute Gasteiger partial charge is 0.249 e. The Labute approximate surface area is 189 Å². The highest BCUT2D eigenvalue weighted by atomic mass is 32.1. The quantitative estimate of drug-likeness (QED) is 0.484. The molecule has 1 aromatic heterocycles. The number of benzene rings is 1. The minimum atomic E-state index is -0.610. The van der Waals surface area contributed by atoms with Crippen molar-refractivity contribution in [3.05, 3.63) is 24.3 Å². The molecule has 0 unspecified atom stereocenters. The molecule has 0 bridgehead atoms. The molecule has 0 aliphatic heterocycles. The van der Waals surface area contributed by atoms with Crippen LogP contribution in [0.25, 0.3) is 10.6 Å². The van der Waals surface area contributed by atoms with Gasteiger partial charge in [-0.25, -0.2) is 0 Å². The summed E-state index contributed by atoms with van der Waals surface area (Å²) in [5.41, 5.74) is 0.896. The molecular formula is C23H34N4O3S. The van der Waals surface area contributed by atoms with Crippen LogP contribution in [0.5, 0.6) is 5.75 Å². The van der Waals surface area contributed by atoms with Gasteiger partial charge in [-0.05, 0) is 43.0 Å². The van der Waals surface area contributed by atoms with Crippen LogP contribution in [0.1, 0.15) is 59.8 Å². The van der Waals surface area contributed by atoms with Crippen LogP contribution in [0.3, 0.4) is 0 Å². The number of unbranched alkanes of at least 4 members (excludes halogenated alkanes) is 1. The molecule has 170 valence electrons. The average Bonchev–Trinajstić information content (AvgIpc) is 3.25. The van der Waals surface area contributed by atoms with Crippen molar-refractivity contribution in [2.24, 2.45) is 11.8 Å². The van der Waals surface area contributed by atoms with Crippen LogP contribution in [-0.4, -0.2) is 35.2 Å². The average molecular weight is 447 g/mol. The maximum absolute atomic E-state index is 13.0. The van der Waals surface area contributed by atoms with Crippen LogP contribution in [0.15, 0.2) is 24.3 Å². The second-order valence-electron chi connectivity index (χ2n) is 7.75. The molecule has 2 amide bonds. The lowest BCUT2D eigenvalue weighted by atomic mass is 9.94. The Morgan fingerprint density at radius 3 is 2.35 bits per heavy atom. The predicted molar refractivity (Wildman–Crippen MR) is 125 cm³/mol. The van der Waals surface area contributed by atoms with Gasteiger partial charge in [0.1, 0.15) is 16.8 Å². The van der Waals surface area contributed by atoms with Gasteiger partial charge in [0.15, 0.2) is 0 Å². The maximum atomic E-state index is 13.0. The van der Waals surface area contributed by atoms with Crippen LogP contribution >= 0.6 is 11.3 Å². The molecule has 0 fully saturated rings. The van der Waals surface area contributed by atoms with E-state index >= 15 is 0 Å². The lowest BCUT2D eigenvalue weighted by Crippen LogP contribution is -2.49. The number of rotatable bonds is 12. The summed E-state index contributed by atoms with van der Waals surface area (Å²) in [4.78, 5) is 25.8. The summed E-state index contributed by atoms with van der Waals surface area (Å²) in [5.74, 6) is 0.389. The van der Waals surface area contributed by atoms with Crippen molar-refractivity contribution in [3.8, 4) is 16.3 Å². The van der Waals surface area contributed by atoms with Crippen LogP contribution in [-0.2, 0) is 9.59 Å². The third-order valence-electron chi connectivity index (χ3n) is 5.56. The van der Waals surface area contributed by atoms with Crippen molar-refractivity contribution in [2.75, 3.05) is 12.4 Å². The molecule has 0 aliphatic rings. The monoisotopic (exact) mass is 446 g/mol. The van der Waals surface area contributed by atoms with E-state index in [1.54, 1.807) is 7.11 Å². The van der Waals surface area contributed by atoms with Gasteiger partial charge >= 0.3 is 0 Å². The van der Waals surface area contributed by atoms with E-state index in [4.69, 9.17) is 4.74 Å². The fraction of sp³-hybridized carbons (Fsp3) is 0.565. The first kappa shape index (κ1) is 24.8. The molecule has 31 heavy (non-hydrogen) atoms. The van der Waals surface area contributed by atoms with Crippen LogP contribution in [0.4, 0.5) is 5.13 Å². The SMILES string of the molecule is CCCC[C@H](CC)C(=O)N[C@@H](C(=O)Nc1nnc(-c2ccc(OC)cc2)s1)[C@@H](C)CC. The van der Waals surface area contributed by atoms with Gasteiger partial charge in [-0.1, -0.05) is 58.3 Å². The Morgan fingerprint density at radius 1 is 1.06 bits per heavy atom.